The number of nitrogens with zero attached hydrogens (tertiary/aromatic N) is 1. The topological polar surface area (TPSA) is 75.4 Å². The minimum atomic E-state index is -3.69. The first kappa shape index (κ1) is 15.2. The van der Waals surface area contributed by atoms with Crippen molar-refractivity contribution >= 4 is 15.7 Å². The van der Waals surface area contributed by atoms with E-state index in [4.69, 9.17) is 5.73 Å². The second kappa shape index (κ2) is 6.07. The molecule has 1 fully saturated rings. The Labute approximate surface area is 119 Å². The molecule has 112 valence electrons. The first-order valence-electron chi connectivity index (χ1n) is 6.73. The highest BCUT2D eigenvalue weighted by molar-refractivity contribution is 7.89. The lowest BCUT2D eigenvalue weighted by Crippen LogP contribution is -2.36. The number of hydrogen-bond acceptors (Lipinski definition) is 4. The fraction of sp³-hybridized carbons (Fsp3) is 0.538. The Hall–Kier alpha value is -1.18. The van der Waals surface area contributed by atoms with E-state index in [1.165, 1.54) is 18.9 Å². The number of rotatable bonds is 7. The van der Waals surface area contributed by atoms with Gasteiger partial charge in [-0.15, -0.1) is 0 Å². The largest absolute Gasteiger partial charge is 0.398 e. The molecule has 5 nitrogen and oxygen atoms in total. The van der Waals surface area contributed by atoms with Crippen molar-refractivity contribution in [1.29, 1.82) is 0 Å². The summed E-state index contributed by atoms with van der Waals surface area (Å²) >= 11 is 0. The highest BCUT2D eigenvalue weighted by atomic mass is 32.2. The van der Waals surface area contributed by atoms with Crippen molar-refractivity contribution in [3.05, 3.63) is 24.0 Å². The third-order valence-corrected chi connectivity index (χ3v) is 4.96. The van der Waals surface area contributed by atoms with Gasteiger partial charge in [0.05, 0.1) is 5.69 Å². The number of hydrogen-bond donors (Lipinski definition) is 2. The van der Waals surface area contributed by atoms with Gasteiger partial charge in [0.2, 0.25) is 10.0 Å². The quantitative estimate of drug-likeness (QED) is 0.741. The molecule has 0 radical (unpaired) electrons. The molecule has 2 rings (SSSR count). The Morgan fingerprint density at radius 2 is 2.15 bits per heavy atom. The normalized spacial score (nSPS) is 15.8. The van der Waals surface area contributed by atoms with E-state index in [2.05, 4.69) is 16.5 Å². The van der Waals surface area contributed by atoms with Crippen molar-refractivity contribution in [2.75, 3.05) is 25.4 Å². The molecule has 0 atom stereocenters. The first-order valence-corrected chi connectivity index (χ1v) is 8.21. The maximum Gasteiger partial charge on any atom is 0.242 e. The maximum absolute atomic E-state index is 12.9. The molecule has 1 aromatic rings. The molecule has 3 N–H and O–H groups in total. The SMILES string of the molecule is CCN(CCNS(=O)(=O)c1ccc(F)cc1N)C1CC1. The standard InChI is InChI=1S/C13H20FN3O2S/c1-2-17(11-4-5-11)8-7-16-20(18,19)13-6-3-10(14)9-12(13)15/h3,6,9,11,16H,2,4-5,7-8,15H2,1H3. The highest BCUT2D eigenvalue weighted by Crippen LogP contribution is 2.26. The summed E-state index contributed by atoms with van der Waals surface area (Å²) in [5, 5.41) is 0. The fourth-order valence-corrected chi connectivity index (χ4v) is 3.34. The van der Waals surface area contributed by atoms with Crippen molar-refractivity contribution in [3.63, 3.8) is 0 Å². The molecule has 0 amide bonds. The Bertz CT molecular complexity index is 573. The summed E-state index contributed by atoms with van der Waals surface area (Å²) in [6.45, 7) is 3.96. The summed E-state index contributed by atoms with van der Waals surface area (Å²) in [5.41, 5.74) is 5.48. The number of anilines is 1. The molecule has 1 aromatic carbocycles. The Morgan fingerprint density at radius 3 is 2.70 bits per heavy atom. The average molecular weight is 301 g/mol. The van der Waals surface area contributed by atoms with Crippen molar-refractivity contribution in [3.8, 4) is 0 Å². The van der Waals surface area contributed by atoms with Crippen molar-refractivity contribution < 1.29 is 12.8 Å². The summed E-state index contributed by atoms with van der Waals surface area (Å²) in [5.74, 6) is -0.549. The van der Waals surface area contributed by atoms with Gasteiger partial charge < -0.3 is 5.73 Å². The van der Waals surface area contributed by atoms with Gasteiger partial charge in [-0.3, -0.25) is 4.90 Å². The van der Waals surface area contributed by atoms with Crippen LogP contribution in [0.2, 0.25) is 0 Å². The van der Waals surface area contributed by atoms with Gasteiger partial charge in [0, 0.05) is 19.1 Å². The molecule has 0 spiro atoms. The summed E-state index contributed by atoms with van der Waals surface area (Å²) in [4.78, 5) is 2.17. The monoisotopic (exact) mass is 301 g/mol. The van der Waals surface area contributed by atoms with Crippen LogP contribution in [0.3, 0.4) is 0 Å². The molecular formula is C13H20FN3O2S. The Kier molecular flexibility index (Phi) is 4.62. The zero-order valence-electron chi connectivity index (χ0n) is 11.5. The molecule has 1 aliphatic rings. The fourth-order valence-electron chi connectivity index (χ4n) is 2.20. The van der Waals surface area contributed by atoms with Crippen molar-refractivity contribution in [2.24, 2.45) is 0 Å². The van der Waals surface area contributed by atoms with Gasteiger partial charge in [-0.1, -0.05) is 6.92 Å². The second-order valence-corrected chi connectivity index (χ2v) is 6.68. The molecule has 7 heteroatoms. The predicted molar refractivity (Wildman–Crippen MR) is 76.3 cm³/mol. The molecule has 0 aliphatic heterocycles. The lowest BCUT2D eigenvalue weighted by molar-refractivity contribution is 0.282. The number of halogens is 1. The lowest BCUT2D eigenvalue weighted by Gasteiger charge is -2.19. The van der Waals surface area contributed by atoms with Crippen LogP contribution in [0.1, 0.15) is 19.8 Å². The van der Waals surface area contributed by atoms with E-state index in [0.29, 0.717) is 19.1 Å². The van der Waals surface area contributed by atoms with Crippen LogP contribution in [0.25, 0.3) is 0 Å². The van der Waals surface area contributed by atoms with E-state index in [9.17, 15) is 12.8 Å². The number of benzene rings is 1. The summed E-state index contributed by atoms with van der Waals surface area (Å²) in [7, 11) is -3.69. The lowest BCUT2D eigenvalue weighted by atomic mass is 10.3. The minimum absolute atomic E-state index is 0.0756. The number of sulfonamides is 1. The van der Waals surface area contributed by atoms with Crippen molar-refractivity contribution in [2.45, 2.75) is 30.7 Å². The highest BCUT2D eigenvalue weighted by Gasteiger charge is 2.27. The number of nitrogens with two attached hydrogens (primary N) is 1. The molecule has 1 saturated carbocycles. The van der Waals surface area contributed by atoms with Gasteiger partial charge >= 0.3 is 0 Å². The van der Waals surface area contributed by atoms with Crippen LogP contribution in [0.4, 0.5) is 10.1 Å². The number of nitrogens with one attached hydrogen (secondary N) is 1. The van der Waals surface area contributed by atoms with Gasteiger partial charge in [0.1, 0.15) is 10.7 Å². The zero-order chi connectivity index (χ0) is 14.8. The smallest absolute Gasteiger partial charge is 0.242 e. The third-order valence-electron chi connectivity index (χ3n) is 3.42. The van der Waals surface area contributed by atoms with Gasteiger partial charge in [-0.2, -0.15) is 0 Å². The molecule has 1 aliphatic carbocycles. The predicted octanol–water partition coefficient (Wildman–Crippen LogP) is 1.17. The van der Waals surface area contributed by atoms with E-state index in [1.54, 1.807) is 0 Å². The second-order valence-electron chi connectivity index (χ2n) is 4.94. The van der Waals surface area contributed by atoms with E-state index < -0.39 is 15.8 Å². The van der Waals surface area contributed by atoms with E-state index in [-0.39, 0.29) is 10.6 Å². The molecule has 20 heavy (non-hydrogen) atoms. The van der Waals surface area contributed by atoms with Gasteiger partial charge in [-0.25, -0.2) is 17.5 Å². The van der Waals surface area contributed by atoms with E-state index in [1.807, 2.05) is 0 Å². The first-order chi connectivity index (χ1) is 9.44. The summed E-state index contributed by atoms with van der Waals surface area (Å²) in [6.07, 6.45) is 2.37. The molecule has 0 aromatic heterocycles. The van der Waals surface area contributed by atoms with E-state index >= 15 is 0 Å². The van der Waals surface area contributed by atoms with Crippen molar-refractivity contribution in [1.82, 2.24) is 9.62 Å². The average Bonchev–Trinajstić information content (AvgIpc) is 3.18. The van der Waals surface area contributed by atoms with Crippen LogP contribution in [0.15, 0.2) is 23.1 Å². The third kappa shape index (κ3) is 3.68. The molecule has 0 saturated heterocycles. The van der Waals surface area contributed by atoms with Crippen LogP contribution in [-0.4, -0.2) is 39.0 Å². The molecular weight excluding hydrogens is 281 g/mol. The van der Waals surface area contributed by atoms with E-state index in [0.717, 1.165) is 18.7 Å². The number of likely N-dealkylation sites (N-methyl/N-ethyl adjacent to an activating group) is 1. The minimum Gasteiger partial charge on any atom is -0.398 e. The summed E-state index contributed by atoms with van der Waals surface area (Å²) < 4.78 is 39.6. The van der Waals surface area contributed by atoms with Gasteiger partial charge in [0.15, 0.2) is 0 Å². The van der Waals surface area contributed by atoms with Crippen LogP contribution in [-0.2, 0) is 10.0 Å². The maximum atomic E-state index is 12.9. The number of nitrogen functional groups attached to an aromatic ring is 1. The van der Waals surface area contributed by atoms with Crippen LogP contribution in [0.5, 0.6) is 0 Å². The van der Waals surface area contributed by atoms with Gasteiger partial charge in [0.25, 0.3) is 0 Å². The Balaban J connectivity index is 1.96. The van der Waals surface area contributed by atoms with Crippen LogP contribution >= 0.6 is 0 Å². The van der Waals surface area contributed by atoms with Crippen LogP contribution in [0, 0.1) is 5.82 Å². The molecule has 0 heterocycles. The Morgan fingerprint density at radius 1 is 1.45 bits per heavy atom. The zero-order valence-corrected chi connectivity index (χ0v) is 12.3. The summed E-state index contributed by atoms with van der Waals surface area (Å²) in [6, 6.07) is 3.89. The van der Waals surface area contributed by atoms with Gasteiger partial charge in [-0.05, 0) is 37.6 Å². The van der Waals surface area contributed by atoms with Crippen LogP contribution < -0.4 is 10.5 Å². The molecule has 0 unspecified atom stereocenters. The molecule has 0 bridgehead atoms.